The van der Waals surface area contributed by atoms with Crippen molar-refractivity contribution in [1.29, 1.82) is 0 Å². The lowest BCUT2D eigenvalue weighted by atomic mass is 10.1. The number of hydrogen-bond donors (Lipinski definition) is 6. The van der Waals surface area contributed by atoms with Crippen molar-refractivity contribution in [2.24, 2.45) is 0 Å². The van der Waals surface area contributed by atoms with Crippen molar-refractivity contribution in [1.82, 2.24) is 25.0 Å². The molecule has 44 heavy (non-hydrogen) atoms. The van der Waals surface area contributed by atoms with Crippen LogP contribution < -0.4 is 32.5 Å². The van der Waals surface area contributed by atoms with Crippen LogP contribution in [-0.2, 0) is 13.1 Å². The third-order valence-corrected chi connectivity index (χ3v) is 6.86. The largest absolute Gasteiger partial charge is 0.492 e. The molecule has 0 spiro atoms. The van der Waals surface area contributed by atoms with Gasteiger partial charge in [-0.3, -0.25) is 23.6 Å². The standard InChI is InChI=1S/C29H24FN7O7/c1-13(15-3-5-16(6-4-15)28(43)44)34-26(41)19-9-20(37-12-21(38)36-29(37)35-19)27(42)33-10-14-2-7-18(30)17(8-14)11-32-23-22(31)24(39)25(23)40/h2-9,12-13,32,38H,10-11,31H2,1H3,(H,33,42)(H,34,41)(H,43,44)/t13-/m0/s1. The highest BCUT2D eigenvalue weighted by atomic mass is 19.1. The number of carboxylic acid groups (broad SMARTS) is 1. The molecule has 0 saturated carbocycles. The van der Waals surface area contributed by atoms with Crippen LogP contribution in [0.15, 0.2) is 64.3 Å². The molecule has 1 atom stereocenters. The average Bonchev–Trinajstić information content (AvgIpc) is 3.40. The number of nitrogens with zero attached hydrogens (tertiary/aromatic N) is 3. The zero-order valence-electron chi connectivity index (χ0n) is 22.9. The molecule has 0 fully saturated rings. The van der Waals surface area contributed by atoms with Gasteiger partial charge in [0.15, 0.2) is 0 Å². The van der Waals surface area contributed by atoms with E-state index in [1.807, 2.05) is 0 Å². The summed E-state index contributed by atoms with van der Waals surface area (Å²) in [6.07, 6.45) is 1.15. The molecule has 0 saturated heterocycles. The summed E-state index contributed by atoms with van der Waals surface area (Å²) in [4.78, 5) is 68.3. The summed E-state index contributed by atoms with van der Waals surface area (Å²) < 4.78 is 15.6. The van der Waals surface area contributed by atoms with Gasteiger partial charge in [0.2, 0.25) is 11.7 Å². The fourth-order valence-electron chi connectivity index (χ4n) is 4.43. The number of aromatic nitrogens is 3. The number of nitrogens with two attached hydrogens (primary N) is 1. The van der Waals surface area contributed by atoms with Crippen LogP contribution in [0.5, 0.6) is 5.88 Å². The molecule has 2 aromatic heterocycles. The lowest BCUT2D eigenvalue weighted by molar-refractivity contribution is 0.0696. The van der Waals surface area contributed by atoms with Crippen LogP contribution >= 0.6 is 0 Å². The highest BCUT2D eigenvalue weighted by molar-refractivity contribution is 5.98. The first-order chi connectivity index (χ1) is 20.9. The number of carbonyl (C=O) groups is 3. The number of nitrogen functional groups attached to an aromatic ring is 1. The molecule has 224 valence electrons. The first-order valence-electron chi connectivity index (χ1n) is 13.0. The van der Waals surface area contributed by atoms with Gasteiger partial charge < -0.3 is 31.9 Å². The predicted molar refractivity (Wildman–Crippen MR) is 155 cm³/mol. The summed E-state index contributed by atoms with van der Waals surface area (Å²) in [5, 5.41) is 27.1. The molecule has 0 aliphatic rings. The first-order valence-corrected chi connectivity index (χ1v) is 13.0. The minimum atomic E-state index is -1.08. The van der Waals surface area contributed by atoms with Crippen LogP contribution in [0.3, 0.4) is 0 Å². The van der Waals surface area contributed by atoms with Crippen molar-refractivity contribution in [2.75, 3.05) is 11.1 Å². The van der Waals surface area contributed by atoms with Gasteiger partial charge in [-0.2, -0.15) is 4.98 Å². The lowest BCUT2D eigenvalue weighted by Gasteiger charge is -2.15. The number of benzene rings is 2. The number of rotatable bonds is 10. The number of carbonyl (C=O) groups excluding carboxylic acids is 2. The Labute approximate surface area is 246 Å². The van der Waals surface area contributed by atoms with Crippen LogP contribution in [0, 0.1) is 5.82 Å². The molecule has 5 rings (SSSR count). The Hall–Kier alpha value is -6.12. The molecule has 7 N–H and O–H groups in total. The van der Waals surface area contributed by atoms with E-state index in [1.54, 1.807) is 19.1 Å². The van der Waals surface area contributed by atoms with E-state index in [1.165, 1.54) is 40.8 Å². The molecule has 0 radical (unpaired) electrons. The van der Waals surface area contributed by atoms with Gasteiger partial charge in [-0.05, 0) is 48.4 Å². The SMILES string of the molecule is C[C@H](NC(=O)c1cc(C(=O)NCc2ccc(F)c(CNc3c(N)c(=O)c3=O)c2)n2cc(O)nc2n1)c1ccc(C(=O)O)cc1. The molecule has 0 aliphatic heterocycles. The summed E-state index contributed by atoms with van der Waals surface area (Å²) in [6.45, 7) is 1.48. The molecular formula is C29H24FN7O7. The minimum absolute atomic E-state index is 0.0657. The summed E-state index contributed by atoms with van der Waals surface area (Å²) in [5.74, 6) is -3.54. The number of anilines is 2. The first kappa shape index (κ1) is 29.4. The summed E-state index contributed by atoms with van der Waals surface area (Å²) in [5.41, 5.74) is 4.73. The third kappa shape index (κ3) is 5.78. The van der Waals surface area contributed by atoms with Crippen LogP contribution in [0.25, 0.3) is 5.78 Å². The van der Waals surface area contributed by atoms with Crippen molar-refractivity contribution in [3.63, 3.8) is 0 Å². The normalized spacial score (nSPS) is 11.8. The van der Waals surface area contributed by atoms with Gasteiger partial charge in [0.05, 0.1) is 17.8 Å². The number of hydrogen-bond acceptors (Lipinski definition) is 10. The van der Waals surface area contributed by atoms with Gasteiger partial charge >= 0.3 is 5.97 Å². The number of aromatic hydroxyl groups is 1. The van der Waals surface area contributed by atoms with Crippen molar-refractivity contribution in [3.05, 3.63) is 115 Å². The van der Waals surface area contributed by atoms with E-state index < -0.39 is 46.4 Å². The molecule has 15 heteroatoms. The molecule has 0 aliphatic carbocycles. The summed E-state index contributed by atoms with van der Waals surface area (Å²) in [6, 6.07) is 10.7. The Morgan fingerprint density at radius 2 is 1.73 bits per heavy atom. The molecular weight excluding hydrogens is 577 g/mol. The zero-order valence-corrected chi connectivity index (χ0v) is 22.9. The van der Waals surface area contributed by atoms with Crippen LogP contribution in [0.2, 0.25) is 0 Å². The smallest absolute Gasteiger partial charge is 0.335 e. The maximum absolute atomic E-state index is 14.4. The molecule has 2 heterocycles. The Kier molecular flexibility index (Phi) is 7.77. The van der Waals surface area contributed by atoms with E-state index in [0.29, 0.717) is 11.1 Å². The van der Waals surface area contributed by atoms with E-state index in [9.17, 15) is 33.5 Å². The molecule has 2 amide bonds. The maximum Gasteiger partial charge on any atom is 0.335 e. The molecule has 0 unspecified atom stereocenters. The van der Waals surface area contributed by atoms with Gasteiger partial charge in [-0.15, -0.1) is 0 Å². The monoisotopic (exact) mass is 601 g/mol. The maximum atomic E-state index is 14.4. The van der Waals surface area contributed by atoms with Gasteiger partial charge in [-0.25, -0.2) is 14.2 Å². The second-order valence-electron chi connectivity index (χ2n) is 9.83. The number of carboxylic acids is 1. The van der Waals surface area contributed by atoms with E-state index in [2.05, 4.69) is 25.9 Å². The Balaban J connectivity index is 1.31. The minimum Gasteiger partial charge on any atom is -0.492 e. The highest BCUT2D eigenvalue weighted by Gasteiger charge is 2.21. The predicted octanol–water partition coefficient (Wildman–Crippen LogP) is 1.48. The van der Waals surface area contributed by atoms with Gasteiger partial charge in [0.1, 0.15) is 28.6 Å². The number of aromatic carboxylic acids is 1. The van der Waals surface area contributed by atoms with E-state index >= 15 is 0 Å². The Morgan fingerprint density at radius 3 is 2.41 bits per heavy atom. The quantitative estimate of drug-likeness (QED) is 0.126. The van der Waals surface area contributed by atoms with Gasteiger partial charge in [0, 0.05) is 18.7 Å². The molecule has 3 aromatic carbocycles. The highest BCUT2D eigenvalue weighted by Crippen LogP contribution is 2.18. The van der Waals surface area contributed by atoms with Crippen LogP contribution in [-0.4, -0.2) is 42.4 Å². The Morgan fingerprint density at radius 1 is 1.00 bits per heavy atom. The average molecular weight is 602 g/mol. The second kappa shape index (κ2) is 11.6. The number of amides is 2. The van der Waals surface area contributed by atoms with Crippen molar-refractivity contribution < 1.29 is 29.0 Å². The molecule has 5 aromatic rings. The van der Waals surface area contributed by atoms with Crippen molar-refractivity contribution in [3.8, 4) is 5.88 Å². The van der Waals surface area contributed by atoms with Crippen molar-refractivity contribution >= 4 is 34.9 Å². The van der Waals surface area contributed by atoms with Crippen LogP contribution in [0.1, 0.15) is 61.0 Å². The second-order valence-corrected chi connectivity index (χ2v) is 9.83. The van der Waals surface area contributed by atoms with E-state index in [0.717, 1.165) is 6.20 Å². The Bertz CT molecular complexity index is 2010. The fraction of sp³-hybridized carbons (Fsp3) is 0.138. The number of fused-ring (bicyclic) bond motifs is 1. The van der Waals surface area contributed by atoms with Crippen molar-refractivity contribution in [2.45, 2.75) is 26.1 Å². The number of nitrogens with one attached hydrogen (secondary N) is 3. The van der Waals surface area contributed by atoms with E-state index in [-0.39, 0.29) is 52.8 Å². The molecule has 14 nitrogen and oxygen atoms in total. The number of halogens is 1. The summed E-state index contributed by atoms with van der Waals surface area (Å²) >= 11 is 0. The molecule has 0 bridgehead atoms. The van der Waals surface area contributed by atoms with Gasteiger partial charge in [-0.1, -0.05) is 18.2 Å². The topological polar surface area (TPSA) is 218 Å². The van der Waals surface area contributed by atoms with Crippen LogP contribution in [0.4, 0.5) is 15.8 Å². The van der Waals surface area contributed by atoms with E-state index in [4.69, 9.17) is 10.8 Å². The fourth-order valence-corrected chi connectivity index (χ4v) is 4.43. The van der Waals surface area contributed by atoms with Gasteiger partial charge in [0.25, 0.3) is 22.7 Å². The lowest BCUT2D eigenvalue weighted by Crippen LogP contribution is -2.37. The summed E-state index contributed by atoms with van der Waals surface area (Å²) in [7, 11) is 0. The zero-order chi connectivity index (χ0) is 31.7. The third-order valence-electron chi connectivity index (χ3n) is 6.86. The number of imidazole rings is 1.